The number of rotatable bonds is 4. The van der Waals surface area contributed by atoms with Crippen molar-refractivity contribution in [1.82, 2.24) is 9.99 Å². The van der Waals surface area contributed by atoms with Crippen molar-refractivity contribution in [2.75, 3.05) is 12.4 Å². The van der Waals surface area contributed by atoms with Gasteiger partial charge in [-0.25, -0.2) is 9.99 Å². The molecule has 0 unspecified atom stereocenters. The molecule has 0 aliphatic carbocycles. The molecule has 1 aromatic heterocycles. The maximum Gasteiger partial charge on any atom is 0.273 e. The molecular weight excluding hydrogens is 312 g/mol. The van der Waals surface area contributed by atoms with Crippen molar-refractivity contribution in [3.63, 3.8) is 0 Å². The predicted octanol–water partition coefficient (Wildman–Crippen LogP) is 2.28. The molecule has 6 nitrogen and oxygen atoms in total. The summed E-state index contributed by atoms with van der Waals surface area (Å²) in [7, 11) is 1.55. The van der Waals surface area contributed by atoms with E-state index >= 15 is 0 Å². The quantitative estimate of drug-likeness (QED) is 0.935. The number of hydrogen-bond donors (Lipinski definition) is 1. The minimum absolute atomic E-state index is 0.0825. The molecule has 1 aliphatic heterocycles. The molecule has 2 amide bonds. The Morgan fingerprint density at radius 3 is 2.83 bits per heavy atom. The summed E-state index contributed by atoms with van der Waals surface area (Å²) in [5, 5.41) is 8.51. The van der Waals surface area contributed by atoms with Crippen LogP contribution in [0.1, 0.15) is 23.3 Å². The van der Waals surface area contributed by atoms with Crippen LogP contribution in [0, 0.1) is 0 Å². The maximum atomic E-state index is 12.2. The Hall–Kier alpha value is -2.54. The lowest BCUT2D eigenvalue weighted by Crippen LogP contribution is -2.34. The second-order valence-corrected chi connectivity index (χ2v) is 6.33. The topological polar surface area (TPSA) is 74.7 Å². The third kappa shape index (κ3) is 3.81. The van der Waals surface area contributed by atoms with Crippen molar-refractivity contribution in [3.8, 4) is 0 Å². The highest BCUT2D eigenvalue weighted by Gasteiger charge is 2.22. The first-order valence-electron chi connectivity index (χ1n) is 7.26. The van der Waals surface area contributed by atoms with Crippen molar-refractivity contribution in [3.05, 3.63) is 47.0 Å². The molecule has 0 atom stereocenters. The van der Waals surface area contributed by atoms with Gasteiger partial charge in [-0.05, 0) is 5.56 Å². The van der Waals surface area contributed by atoms with Gasteiger partial charge in [0, 0.05) is 37.4 Å². The van der Waals surface area contributed by atoms with E-state index in [1.54, 1.807) is 13.2 Å². The number of nitrogens with zero attached hydrogens (tertiary/aromatic N) is 3. The van der Waals surface area contributed by atoms with Gasteiger partial charge >= 0.3 is 0 Å². The van der Waals surface area contributed by atoms with Gasteiger partial charge in [-0.15, -0.1) is 11.3 Å². The van der Waals surface area contributed by atoms with E-state index in [9.17, 15) is 9.59 Å². The summed E-state index contributed by atoms with van der Waals surface area (Å²) in [6, 6.07) is 10.1. The number of nitrogens with one attached hydrogen (secondary N) is 1. The van der Waals surface area contributed by atoms with Crippen LogP contribution in [0.2, 0.25) is 0 Å². The van der Waals surface area contributed by atoms with Crippen LogP contribution in [-0.4, -0.2) is 34.6 Å². The van der Waals surface area contributed by atoms with Gasteiger partial charge < -0.3 is 0 Å². The normalized spacial score (nSPS) is 14.6. The fourth-order valence-corrected chi connectivity index (χ4v) is 3.09. The molecular formula is C16H16N4O2S. The lowest BCUT2D eigenvalue weighted by atomic mass is 10.1. The minimum atomic E-state index is -0.301. The second kappa shape index (κ2) is 6.70. The van der Waals surface area contributed by atoms with Gasteiger partial charge in [0.15, 0.2) is 5.13 Å². The summed E-state index contributed by atoms with van der Waals surface area (Å²) in [6.07, 6.45) is 3.22. The number of anilines is 1. The monoisotopic (exact) mass is 328 g/mol. The lowest BCUT2D eigenvalue weighted by Gasteiger charge is -2.18. The number of hydrazone groups is 1. The van der Waals surface area contributed by atoms with Gasteiger partial charge in [0.05, 0.1) is 0 Å². The highest BCUT2D eigenvalue weighted by atomic mass is 32.1. The van der Waals surface area contributed by atoms with Crippen molar-refractivity contribution in [1.29, 1.82) is 0 Å². The summed E-state index contributed by atoms with van der Waals surface area (Å²) in [4.78, 5) is 28.9. The Balaban J connectivity index is 1.64. The number of aromatic nitrogens is 1. The van der Waals surface area contributed by atoms with E-state index in [4.69, 9.17) is 0 Å². The molecule has 2 heterocycles. The first-order valence-corrected chi connectivity index (χ1v) is 8.07. The first kappa shape index (κ1) is 15.4. The largest absolute Gasteiger partial charge is 0.297 e. The van der Waals surface area contributed by atoms with E-state index in [2.05, 4.69) is 27.5 Å². The fraction of sp³-hybridized carbons (Fsp3) is 0.250. The SMILES string of the molecule is CN1N=C(C(=O)Nc2ncc(Cc3ccccc3)s2)CCC1=O. The zero-order valence-electron chi connectivity index (χ0n) is 12.7. The molecule has 0 radical (unpaired) electrons. The van der Waals surface area contributed by atoms with Gasteiger partial charge in [-0.3, -0.25) is 14.9 Å². The maximum absolute atomic E-state index is 12.2. The molecule has 0 fully saturated rings. The average molecular weight is 328 g/mol. The fourth-order valence-electron chi connectivity index (χ4n) is 2.25. The highest BCUT2D eigenvalue weighted by Crippen LogP contribution is 2.21. The van der Waals surface area contributed by atoms with Crippen LogP contribution < -0.4 is 5.32 Å². The summed E-state index contributed by atoms with van der Waals surface area (Å²) in [5.41, 5.74) is 1.55. The summed E-state index contributed by atoms with van der Waals surface area (Å²) >= 11 is 1.44. The van der Waals surface area contributed by atoms with Crippen molar-refractivity contribution >= 4 is 34.0 Å². The molecule has 23 heavy (non-hydrogen) atoms. The zero-order valence-corrected chi connectivity index (χ0v) is 13.5. The average Bonchev–Trinajstić information content (AvgIpc) is 2.98. The number of benzene rings is 1. The molecule has 0 spiro atoms. The van der Waals surface area contributed by atoms with Crippen molar-refractivity contribution < 1.29 is 9.59 Å². The van der Waals surface area contributed by atoms with Crippen LogP contribution in [0.15, 0.2) is 41.6 Å². The van der Waals surface area contributed by atoms with Gasteiger partial charge in [0.1, 0.15) is 5.71 Å². The Morgan fingerprint density at radius 1 is 1.30 bits per heavy atom. The zero-order chi connectivity index (χ0) is 16.2. The Labute approximate surface area is 137 Å². The molecule has 0 bridgehead atoms. The van der Waals surface area contributed by atoms with E-state index in [1.807, 2.05) is 18.2 Å². The van der Waals surface area contributed by atoms with Crippen LogP contribution >= 0.6 is 11.3 Å². The van der Waals surface area contributed by atoms with Gasteiger partial charge in [0.25, 0.3) is 5.91 Å². The smallest absolute Gasteiger partial charge is 0.273 e. The molecule has 1 N–H and O–H groups in total. The summed E-state index contributed by atoms with van der Waals surface area (Å²) in [6.45, 7) is 0. The van der Waals surface area contributed by atoms with Crippen LogP contribution in [0.3, 0.4) is 0 Å². The Kier molecular flexibility index (Phi) is 4.47. The number of amides is 2. The van der Waals surface area contributed by atoms with Crippen LogP contribution in [0.5, 0.6) is 0 Å². The van der Waals surface area contributed by atoms with E-state index in [0.717, 1.165) is 11.3 Å². The Morgan fingerprint density at radius 2 is 2.09 bits per heavy atom. The second-order valence-electron chi connectivity index (χ2n) is 5.21. The Bertz CT molecular complexity index is 754. The molecule has 7 heteroatoms. The van der Waals surface area contributed by atoms with Crippen LogP contribution in [-0.2, 0) is 16.0 Å². The minimum Gasteiger partial charge on any atom is -0.297 e. The first-order chi connectivity index (χ1) is 11.1. The van der Waals surface area contributed by atoms with Gasteiger partial charge in [-0.1, -0.05) is 30.3 Å². The molecule has 0 saturated carbocycles. The molecule has 118 valence electrons. The predicted molar refractivity (Wildman–Crippen MR) is 89.4 cm³/mol. The van der Waals surface area contributed by atoms with E-state index < -0.39 is 0 Å². The van der Waals surface area contributed by atoms with E-state index in [1.165, 1.54) is 21.9 Å². The van der Waals surface area contributed by atoms with Crippen LogP contribution in [0.4, 0.5) is 5.13 Å². The van der Waals surface area contributed by atoms with Crippen LogP contribution in [0.25, 0.3) is 0 Å². The summed E-state index contributed by atoms with van der Waals surface area (Å²) in [5.74, 6) is -0.383. The lowest BCUT2D eigenvalue weighted by molar-refractivity contribution is -0.130. The molecule has 1 aromatic carbocycles. The van der Waals surface area contributed by atoms with E-state index in [0.29, 0.717) is 23.7 Å². The molecule has 0 saturated heterocycles. The van der Waals surface area contributed by atoms with Crippen molar-refractivity contribution in [2.45, 2.75) is 19.3 Å². The van der Waals surface area contributed by atoms with Crippen molar-refractivity contribution in [2.24, 2.45) is 5.10 Å². The molecule has 3 rings (SSSR count). The van der Waals surface area contributed by atoms with Gasteiger partial charge in [-0.2, -0.15) is 5.10 Å². The third-order valence-electron chi connectivity index (χ3n) is 3.46. The summed E-state index contributed by atoms with van der Waals surface area (Å²) < 4.78 is 0. The van der Waals surface area contributed by atoms with E-state index in [-0.39, 0.29) is 11.8 Å². The standard InChI is InChI=1S/C16H16N4O2S/c1-20-14(21)8-7-13(19-20)15(22)18-16-17-10-12(23-16)9-11-5-3-2-4-6-11/h2-6,10H,7-9H2,1H3,(H,17,18,22). The molecule has 2 aromatic rings. The third-order valence-corrected chi connectivity index (χ3v) is 4.38. The number of carbonyl (C=O) groups excluding carboxylic acids is 2. The highest BCUT2D eigenvalue weighted by molar-refractivity contribution is 7.15. The number of carbonyl (C=O) groups is 2. The molecule has 1 aliphatic rings. The number of hydrogen-bond acceptors (Lipinski definition) is 5. The number of thiazole rings is 1. The van der Waals surface area contributed by atoms with Gasteiger partial charge in [0.2, 0.25) is 5.91 Å².